The Bertz CT molecular complexity index is 461. The van der Waals surface area contributed by atoms with E-state index in [1.54, 1.807) is 7.11 Å². The second-order valence-electron chi connectivity index (χ2n) is 5.63. The van der Waals surface area contributed by atoms with E-state index in [1.165, 1.54) is 11.4 Å². The van der Waals surface area contributed by atoms with Gasteiger partial charge >= 0.3 is 0 Å². The van der Waals surface area contributed by atoms with Crippen LogP contribution in [0.2, 0.25) is 0 Å². The average Bonchev–Trinajstić information content (AvgIpc) is 2.45. The first-order chi connectivity index (χ1) is 9.22. The maximum Gasteiger partial charge on any atom is 0.144 e. The molecule has 3 rings (SSSR count). The number of methoxy groups -OCH3 is 1. The molecule has 19 heavy (non-hydrogen) atoms. The standard InChI is InChI=1S/C15H23N3O/c1-11(2)18-10-12-9-16-7-8-17(12)15-13(18)5-4-6-14(15)19-3/h4-6,11-12,16H,7-10H2,1-3H3. The molecule has 1 aromatic carbocycles. The number of hydrogen-bond donors (Lipinski definition) is 1. The normalized spacial score (nSPS) is 22.2. The van der Waals surface area contributed by atoms with Crippen LogP contribution in [0.3, 0.4) is 0 Å². The molecule has 104 valence electrons. The van der Waals surface area contributed by atoms with E-state index in [2.05, 4.69) is 47.2 Å². The Morgan fingerprint density at radius 1 is 1.37 bits per heavy atom. The molecule has 0 amide bonds. The molecule has 2 aliphatic rings. The van der Waals surface area contributed by atoms with Crippen molar-refractivity contribution in [2.24, 2.45) is 0 Å². The van der Waals surface area contributed by atoms with Crippen molar-refractivity contribution in [2.45, 2.75) is 25.9 Å². The smallest absolute Gasteiger partial charge is 0.144 e. The van der Waals surface area contributed by atoms with Gasteiger partial charge in [-0.2, -0.15) is 0 Å². The fourth-order valence-electron chi connectivity index (χ4n) is 3.23. The van der Waals surface area contributed by atoms with Crippen molar-refractivity contribution < 1.29 is 4.74 Å². The minimum Gasteiger partial charge on any atom is -0.495 e. The zero-order valence-electron chi connectivity index (χ0n) is 12.0. The second kappa shape index (κ2) is 4.93. The Kier molecular flexibility index (Phi) is 3.27. The maximum absolute atomic E-state index is 5.60. The number of fused-ring (bicyclic) bond motifs is 3. The predicted molar refractivity (Wildman–Crippen MR) is 79.5 cm³/mol. The Labute approximate surface area is 115 Å². The van der Waals surface area contributed by atoms with E-state index in [0.29, 0.717) is 12.1 Å². The third-order valence-corrected chi connectivity index (χ3v) is 4.18. The van der Waals surface area contributed by atoms with E-state index >= 15 is 0 Å². The van der Waals surface area contributed by atoms with Crippen LogP contribution in [-0.4, -0.2) is 45.4 Å². The average molecular weight is 261 g/mol. The molecule has 1 fully saturated rings. The van der Waals surface area contributed by atoms with Crippen LogP contribution in [-0.2, 0) is 0 Å². The number of hydrogen-bond acceptors (Lipinski definition) is 4. The molecule has 0 radical (unpaired) electrons. The van der Waals surface area contributed by atoms with Gasteiger partial charge in [-0.25, -0.2) is 0 Å². The van der Waals surface area contributed by atoms with Crippen molar-refractivity contribution in [3.05, 3.63) is 18.2 Å². The molecule has 1 unspecified atom stereocenters. The number of para-hydroxylation sites is 1. The molecular weight excluding hydrogens is 238 g/mol. The molecule has 0 bridgehead atoms. The fourth-order valence-corrected chi connectivity index (χ4v) is 3.23. The van der Waals surface area contributed by atoms with Crippen LogP contribution in [0.15, 0.2) is 18.2 Å². The van der Waals surface area contributed by atoms with Crippen molar-refractivity contribution in [1.29, 1.82) is 0 Å². The van der Waals surface area contributed by atoms with Gasteiger partial charge < -0.3 is 19.9 Å². The highest BCUT2D eigenvalue weighted by atomic mass is 16.5. The molecule has 1 N–H and O–H groups in total. The van der Waals surface area contributed by atoms with Crippen LogP contribution < -0.4 is 19.9 Å². The number of piperazine rings is 1. The lowest BCUT2D eigenvalue weighted by Crippen LogP contribution is -2.59. The summed E-state index contributed by atoms with van der Waals surface area (Å²) in [6, 6.07) is 7.43. The summed E-state index contributed by atoms with van der Waals surface area (Å²) in [6.07, 6.45) is 0. The number of ether oxygens (including phenoxy) is 1. The number of nitrogens with zero attached hydrogens (tertiary/aromatic N) is 2. The van der Waals surface area contributed by atoms with E-state index in [0.717, 1.165) is 31.9 Å². The molecule has 2 heterocycles. The predicted octanol–water partition coefficient (Wildman–Crippen LogP) is 1.70. The molecule has 0 aromatic heterocycles. The summed E-state index contributed by atoms with van der Waals surface area (Å²) < 4.78 is 5.60. The molecule has 1 aromatic rings. The summed E-state index contributed by atoms with van der Waals surface area (Å²) in [7, 11) is 1.77. The van der Waals surface area contributed by atoms with Gasteiger partial charge in [-0.15, -0.1) is 0 Å². The summed E-state index contributed by atoms with van der Waals surface area (Å²) in [5, 5.41) is 3.50. The first-order valence-electron chi connectivity index (χ1n) is 7.13. The topological polar surface area (TPSA) is 27.7 Å². The molecule has 0 saturated carbocycles. The number of rotatable bonds is 2. The highest BCUT2D eigenvalue weighted by molar-refractivity contribution is 5.80. The molecular formula is C15H23N3O. The van der Waals surface area contributed by atoms with E-state index in [9.17, 15) is 0 Å². The second-order valence-corrected chi connectivity index (χ2v) is 5.63. The molecule has 1 saturated heterocycles. The summed E-state index contributed by atoms with van der Waals surface area (Å²) in [4.78, 5) is 5.01. The van der Waals surface area contributed by atoms with Crippen molar-refractivity contribution >= 4 is 11.4 Å². The van der Waals surface area contributed by atoms with Gasteiger partial charge in [-0.1, -0.05) is 6.07 Å². The third-order valence-electron chi connectivity index (χ3n) is 4.18. The zero-order chi connectivity index (χ0) is 13.4. The maximum atomic E-state index is 5.60. The zero-order valence-corrected chi connectivity index (χ0v) is 12.0. The third kappa shape index (κ3) is 2.04. The van der Waals surface area contributed by atoms with Gasteiger partial charge in [0.15, 0.2) is 0 Å². The quantitative estimate of drug-likeness (QED) is 0.877. The Balaban J connectivity index is 2.10. The van der Waals surface area contributed by atoms with Gasteiger partial charge in [0.05, 0.1) is 18.8 Å². The molecule has 4 heteroatoms. The first kappa shape index (κ1) is 12.6. The Morgan fingerprint density at radius 2 is 2.21 bits per heavy atom. The van der Waals surface area contributed by atoms with Crippen LogP contribution in [0.4, 0.5) is 11.4 Å². The summed E-state index contributed by atoms with van der Waals surface area (Å²) >= 11 is 0. The first-order valence-corrected chi connectivity index (χ1v) is 7.13. The van der Waals surface area contributed by atoms with Crippen molar-refractivity contribution in [1.82, 2.24) is 5.32 Å². The summed E-state index contributed by atoms with van der Waals surface area (Å²) in [6.45, 7) is 8.77. The van der Waals surface area contributed by atoms with Gasteiger partial charge in [0.25, 0.3) is 0 Å². The van der Waals surface area contributed by atoms with Crippen LogP contribution in [0.1, 0.15) is 13.8 Å². The van der Waals surface area contributed by atoms with Crippen LogP contribution in [0.25, 0.3) is 0 Å². The molecule has 0 aliphatic carbocycles. The van der Waals surface area contributed by atoms with E-state index in [1.807, 2.05) is 0 Å². The molecule has 0 spiro atoms. The lowest BCUT2D eigenvalue weighted by Gasteiger charge is -2.48. The number of benzene rings is 1. The minimum atomic E-state index is 0.509. The highest BCUT2D eigenvalue weighted by Crippen LogP contribution is 2.43. The lowest BCUT2D eigenvalue weighted by atomic mass is 10.0. The Morgan fingerprint density at radius 3 is 2.95 bits per heavy atom. The largest absolute Gasteiger partial charge is 0.495 e. The SMILES string of the molecule is COc1cccc2c1N1CCNCC1CN2C(C)C. The monoisotopic (exact) mass is 261 g/mol. The van der Waals surface area contributed by atoms with Crippen molar-refractivity contribution in [2.75, 3.05) is 43.1 Å². The molecule has 2 aliphatic heterocycles. The number of anilines is 2. The highest BCUT2D eigenvalue weighted by Gasteiger charge is 2.35. The van der Waals surface area contributed by atoms with Crippen molar-refractivity contribution in [3.8, 4) is 5.75 Å². The van der Waals surface area contributed by atoms with Crippen molar-refractivity contribution in [3.63, 3.8) is 0 Å². The summed E-state index contributed by atoms with van der Waals surface area (Å²) in [5.74, 6) is 0.995. The van der Waals surface area contributed by atoms with Crippen LogP contribution >= 0.6 is 0 Å². The van der Waals surface area contributed by atoms with E-state index < -0.39 is 0 Å². The Hall–Kier alpha value is -1.42. The minimum absolute atomic E-state index is 0.509. The molecule has 1 atom stereocenters. The summed E-state index contributed by atoms with van der Waals surface area (Å²) in [5.41, 5.74) is 2.59. The lowest BCUT2D eigenvalue weighted by molar-refractivity contribution is 0.400. The van der Waals surface area contributed by atoms with Gasteiger partial charge in [-0.05, 0) is 26.0 Å². The van der Waals surface area contributed by atoms with E-state index in [-0.39, 0.29) is 0 Å². The van der Waals surface area contributed by atoms with Gasteiger partial charge in [0.2, 0.25) is 0 Å². The van der Waals surface area contributed by atoms with Crippen LogP contribution in [0, 0.1) is 0 Å². The van der Waals surface area contributed by atoms with Gasteiger partial charge in [-0.3, -0.25) is 0 Å². The van der Waals surface area contributed by atoms with Gasteiger partial charge in [0, 0.05) is 32.2 Å². The van der Waals surface area contributed by atoms with Gasteiger partial charge in [0.1, 0.15) is 11.4 Å². The van der Waals surface area contributed by atoms with Crippen LogP contribution in [0.5, 0.6) is 5.75 Å². The number of nitrogens with one attached hydrogen (secondary N) is 1. The van der Waals surface area contributed by atoms with E-state index in [4.69, 9.17) is 4.74 Å². The fraction of sp³-hybridized carbons (Fsp3) is 0.600. The molecule has 4 nitrogen and oxygen atoms in total.